The van der Waals surface area contributed by atoms with Crippen LogP contribution >= 0.6 is 0 Å². The number of nitrogens with one attached hydrogen (secondary N) is 1. The van der Waals surface area contributed by atoms with Crippen LogP contribution in [0.2, 0.25) is 0 Å². The molecule has 0 aliphatic heterocycles. The molecule has 1 heterocycles. The van der Waals surface area contributed by atoms with E-state index in [4.69, 9.17) is 10.5 Å². The average Bonchev–Trinajstić information content (AvgIpc) is 2.68. The Balaban J connectivity index is 1.77. The van der Waals surface area contributed by atoms with Crippen molar-refractivity contribution < 1.29 is 14.3 Å². The third-order valence-electron chi connectivity index (χ3n) is 4.62. The molecule has 1 atom stereocenters. The van der Waals surface area contributed by atoms with Crippen LogP contribution in [0.4, 0.5) is 4.79 Å². The summed E-state index contributed by atoms with van der Waals surface area (Å²) in [6, 6.07) is 19.3. The van der Waals surface area contributed by atoms with Gasteiger partial charge in [0.1, 0.15) is 0 Å². The van der Waals surface area contributed by atoms with Gasteiger partial charge in [0.25, 0.3) is 5.91 Å². The zero-order valence-corrected chi connectivity index (χ0v) is 15.7. The van der Waals surface area contributed by atoms with Crippen molar-refractivity contribution in [2.45, 2.75) is 25.4 Å². The second-order valence-corrected chi connectivity index (χ2v) is 6.81. The van der Waals surface area contributed by atoms with Gasteiger partial charge in [0.15, 0.2) is 5.60 Å². The Kier molecular flexibility index (Phi) is 5.89. The lowest BCUT2D eigenvalue weighted by Gasteiger charge is -2.28. The Morgan fingerprint density at radius 1 is 1.07 bits per heavy atom. The maximum absolute atomic E-state index is 12.9. The van der Waals surface area contributed by atoms with E-state index in [0.29, 0.717) is 13.0 Å². The number of carbonyl (C=O) groups is 2. The number of hydrogen-bond acceptors (Lipinski definition) is 4. The molecule has 3 aromatic rings. The number of para-hydroxylation sites is 1. The predicted octanol–water partition coefficient (Wildman–Crippen LogP) is 2.99. The smallest absolute Gasteiger partial charge is 0.405 e. The molecule has 1 aromatic heterocycles. The number of nitrogens with zero attached hydrogens (tertiary/aromatic N) is 1. The quantitative estimate of drug-likeness (QED) is 0.662. The van der Waals surface area contributed by atoms with Crippen LogP contribution in [0, 0.1) is 0 Å². The first-order valence-corrected chi connectivity index (χ1v) is 9.11. The summed E-state index contributed by atoms with van der Waals surface area (Å²) in [5.74, 6) is -0.386. The highest BCUT2D eigenvalue weighted by Crippen LogP contribution is 2.24. The highest BCUT2D eigenvalue weighted by molar-refractivity contribution is 5.89. The molecule has 2 amide bonds. The minimum absolute atomic E-state index is 0.191. The van der Waals surface area contributed by atoms with E-state index in [-0.39, 0.29) is 12.3 Å². The topological polar surface area (TPSA) is 94.3 Å². The zero-order chi connectivity index (χ0) is 20.0. The van der Waals surface area contributed by atoms with Crippen LogP contribution in [0.15, 0.2) is 66.9 Å². The number of pyridine rings is 1. The summed E-state index contributed by atoms with van der Waals surface area (Å²) in [5, 5.41) is 3.76. The summed E-state index contributed by atoms with van der Waals surface area (Å²) in [7, 11) is 0. The monoisotopic (exact) mass is 377 g/mol. The Hall–Kier alpha value is -3.41. The number of hydrogen-bond donors (Lipinski definition) is 2. The summed E-state index contributed by atoms with van der Waals surface area (Å²) in [4.78, 5) is 28.7. The maximum atomic E-state index is 12.9. The lowest BCUT2D eigenvalue weighted by Crippen LogP contribution is -2.50. The molecule has 0 aliphatic carbocycles. The van der Waals surface area contributed by atoms with Crippen molar-refractivity contribution in [1.82, 2.24) is 10.3 Å². The Morgan fingerprint density at radius 3 is 2.54 bits per heavy atom. The van der Waals surface area contributed by atoms with E-state index in [1.165, 1.54) is 0 Å². The molecule has 6 nitrogen and oxygen atoms in total. The van der Waals surface area contributed by atoms with Crippen LogP contribution < -0.4 is 11.1 Å². The van der Waals surface area contributed by atoms with Crippen LogP contribution in [-0.2, 0) is 22.4 Å². The molecule has 1 unspecified atom stereocenters. The van der Waals surface area contributed by atoms with Crippen molar-refractivity contribution in [2.75, 3.05) is 6.54 Å². The standard InChI is InChI=1S/C22H23N3O3/c1-22(28-21(23)27,20(26)25-13-11-16-7-3-2-4-8-16)15-17-12-14-24-19-10-6-5-9-18(17)19/h2-10,12,14H,11,13,15H2,1H3,(H2,23,27)(H,25,26). The molecule has 0 fully saturated rings. The van der Waals surface area contributed by atoms with Gasteiger partial charge in [-0.25, -0.2) is 4.79 Å². The largest absolute Gasteiger partial charge is 0.433 e. The summed E-state index contributed by atoms with van der Waals surface area (Å²) in [5.41, 5.74) is 6.60. The van der Waals surface area contributed by atoms with Gasteiger partial charge in [-0.05, 0) is 36.6 Å². The summed E-state index contributed by atoms with van der Waals surface area (Å²) in [6.45, 7) is 2.00. The lowest BCUT2D eigenvalue weighted by molar-refractivity contribution is -0.138. The molecule has 0 saturated carbocycles. The summed E-state index contributed by atoms with van der Waals surface area (Å²) < 4.78 is 5.26. The molecule has 3 rings (SSSR count). The molecule has 0 saturated heterocycles. The predicted molar refractivity (Wildman–Crippen MR) is 108 cm³/mol. The average molecular weight is 377 g/mol. The molecular formula is C22H23N3O3. The van der Waals surface area contributed by atoms with E-state index in [0.717, 1.165) is 22.0 Å². The number of carbonyl (C=O) groups excluding carboxylic acids is 2. The first-order chi connectivity index (χ1) is 13.5. The third-order valence-corrected chi connectivity index (χ3v) is 4.62. The number of nitrogens with two attached hydrogens (primary N) is 1. The molecule has 6 heteroatoms. The second-order valence-electron chi connectivity index (χ2n) is 6.81. The van der Waals surface area contributed by atoms with E-state index in [9.17, 15) is 9.59 Å². The molecular weight excluding hydrogens is 354 g/mol. The van der Waals surface area contributed by atoms with Gasteiger partial charge in [-0.15, -0.1) is 0 Å². The fourth-order valence-electron chi connectivity index (χ4n) is 3.21. The summed E-state index contributed by atoms with van der Waals surface area (Å²) >= 11 is 0. The van der Waals surface area contributed by atoms with Gasteiger partial charge in [0.2, 0.25) is 0 Å². The number of primary amides is 1. The molecule has 3 N–H and O–H groups in total. The zero-order valence-electron chi connectivity index (χ0n) is 15.7. The number of aromatic nitrogens is 1. The van der Waals surface area contributed by atoms with Crippen LogP contribution in [-0.4, -0.2) is 29.1 Å². The van der Waals surface area contributed by atoms with Gasteiger partial charge in [0.05, 0.1) is 5.52 Å². The van der Waals surface area contributed by atoms with E-state index in [1.54, 1.807) is 13.1 Å². The molecule has 0 spiro atoms. The van der Waals surface area contributed by atoms with Gasteiger partial charge >= 0.3 is 6.09 Å². The van der Waals surface area contributed by atoms with Gasteiger partial charge in [-0.2, -0.15) is 0 Å². The SMILES string of the molecule is CC(Cc1ccnc2ccccc12)(OC(N)=O)C(=O)NCCc1ccccc1. The van der Waals surface area contributed by atoms with E-state index in [2.05, 4.69) is 10.3 Å². The first-order valence-electron chi connectivity index (χ1n) is 9.11. The maximum Gasteiger partial charge on any atom is 0.405 e. The summed E-state index contributed by atoms with van der Waals surface area (Å²) in [6.07, 6.45) is 1.56. The Morgan fingerprint density at radius 2 is 1.79 bits per heavy atom. The number of fused-ring (bicyclic) bond motifs is 1. The molecule has 0 radical (unpaired) electrons. The minimum atomic E-state index is -1.42. The molecule has 0 bridgehead atoms. The van der Waals surface area contributed by atoms with Crippen molar-refractivity contribution in [2.24, 2.45) is 5.73 Å². The van der Waals surface area contributed by atoms with Crippen LogP contribution in [0.1, 0.15) is 18.1 Å². The highest BCUT2D eigenvalue weighted by Gasteiger charge is 2.37. The van der Waals surface area contributed by atoms with Crippen molar-refractivity contribution in [3.63, 3.8) is 0 Å². The van der Waals surface area contributed by atoms with Crippen LogP contribution in [0.3, 0.4) is 0 Å². The van der Waals surface area contributed by atoms with Crippen LogP contribution in [0.5, 0.6) is 0 Å². The van der Waals surface area contributed by atoms with E-state index < -0.39 is 11.7 Å². The van der Waals surface area contributed by atoms with E-state index >= 15 is 0 Å². The van der Waals surface area contributed by atoms with Crippen molar-refractivity contribution >= 4 is 22.9 Å². The Labute approximate surface area is 163 Å². The van der Waals surface area contributed by atoms with Gasteiger partial charge in [0, 0.05) is 24.5 Å². The molecule has 144 valence electrons. The fourth-order valence-corrected chi connectivity index (χ4v) is 3.21. The molecule has 2 aromatic carbocycles. The van der Waals surface area contributed by atoms with Gasteiger partial charge in [-0.3, -0.25) is 9.78 Å². The number of ether oxygens (including phenoxy) is 1. The van der Waals surface area contributed by atoms with Crippen LogP contribution in [0.25, 0.3) is 10.9 Å². The number of amides is 2. The Bertz CT molecular complexity index is 970. The van der Waals surface area contributed by atoms with Crippen molar-refractivity contribution in [3.8, 4) is 0 Å². The number of benzene rings is 2. The lowest BCUT2D eigenvalue weighted by atomic mass is 9.93. The van der Waals surface area contributed by atoms with Gasteiger partial charge < -0.3 is 15.8 Å². The molecule has 0 aliphatic rings. The highest BCUT2D eigenvalue weighted by atomic mass is 16.6. The van der Waals surface area contributed by atoms with E-state index in [1.807, 2.05) is 60.7 Å². The van der Waals surface area contributed by atoms with Gasteiger partial charge in [-0.1, -0.05) is 48.5 Å². The minimum Gasteiger partial charge on any atom is -0.433 e. The fraction of sp³-hybridized carbons (Fsp3) is 0.227. The second kappa shape index (κ2) is 8.52. The normalized spacial score (nSPS) is 12.9. The van der Waals surface area contributed by atoms with Crippen molar-refractivity contribution in [1.29, 1.82) is 0 Å². The third kappa shape index (κ3) is 4.65. The van der Waals surface area contributed by atoms with Crippen molar-refractivity contribution in [3.05, 3.63) is 78.0 Å². The molecule has 28 heavy (non-hydrogen) atoms. The number of rotatable bonds is 7. The first kappa shape index (κ1) is 19.4.